The highest BCUT2D eigenvalue weighted by molar-refractivity contribution is 5.85. The molecule has 1 atom stereocenters. The number of rotatable bonds is 2. The highest BCUT2D eigenvalue weighted by Crippen LogP contribution is 2.15. The van der Waals surface area contributed by atoms with Gasteiger partial charge in [-0.3, -0.25) is 9.59 Å². The lowest BCUT2D eigenvalue weighted by Gasteiger charge is -2.09. The van der Waals surface area contributed by atoms with Crippen molar-refractivity contribution in [1.82, 2.24) is 5.32 Å². The molecule has 1 rings (SSSR count). The molecule has 0 aliphatic carbocycles. The van der Waals surface area contributed by atoms with E-state index in [9.17, 15) is 9.59 Å². The number of hydrogen-bond donors (Lipinski definition) is 2. The molecule has 0 bridgehead atoms. The zero-order chi connectivity index (χ0) is 8.97. The van der Waals surface area contributed by atoms with E-state index < -0.39 is 5.91 Å². The van der Waals surface area contributed by atoms with Crippen molar-refractivity contribution in [2.24, 2.45) is 11.7 Å². The predicted molar refractivity (Wildman–Crippen MR) is 44.2 cm³/mol. The van der Waals surface area contributed by atoms with Crippen LogP contribution in [-0.4, -0.2) is 18.4 Å². The van der Waals surface area contributed by atoms with Crippen LogP contribution in [0.4, 0.5) is 0 Å². The SMILES string of the molecule is NC(=O)C[C@@H]1CCCCNC1=O. The van der Waals surface area contributed by atoms with Gasteiger partial charge in [0.2, 0.25) is 11.8 Å². The smallest absolute Gasteiger partial charge is 0.223 e. The number of nitrogens with two attached hydrogens (primary N) is 1. The zero-order valence-electron chi connectivity index (χ0n) is 7.01. The predicted octanol–water partition coefficient (Wildman–Crippen LogP) is -0.222. The molecular formula is C8H14N2O2. The monoisotopic (exact) mass is 170 g/mol. The summed E-state index contributed by atoms with van der Waals surface area (Å²) in [5.41, 5.74) is 5.02. The van der Waals surface area contributed by atoms with Gasteiger partial charge in [-0.2, -0.15) is 0 Å². The fourth-order valence-electron chi connectivity index (χ4n) is 1.44. The molecule has 1 heterocycles. The molecule has 1 fully saturated rings. The molecule has 0 radical (unpaired) electrons. The van der Waals surface area contributed by atoms with Crippen molar-refractivity contribution < 1.29 is 9.59 Å². The van der Waals surface area contributed by atoms with E-state index in [1.807, 2.05) is 0 Å². The second-order valence-corrected chi connectivity index (χ2v) is 3.15. The topological polar surface area (TPSA) is 72.2 Å². The average molecular weight is 170 g/mol. The maximum Gasteiger partial charge on any atom is 0.223 e. The van der Waals surface area contributed by atoms with Crippen LogP contribution in [0.3, 0.4) is 0 Å². The third-order valence-corrected chi connectivity index (χ3v) is 2.10. The molecule has 4 heteroatoms. The summed E-state index contributed by atoms with van der Waals surface area (Å²) in [6.07, 6.45) is 2.97. The Bertz CT molecular complexity index is 191. The number of carbonyl (C=O) groups is 2. The molecule has 0 spiro atoms. The minimum absolute atomic E-state index is 0.0219. The van der Waals surface area contributed by atoms with E-state index in [2.05, 4.69) is 5.32 Å². The van der Waals surface area contributed by atoms with E-state index in [1.54, 1.807) is 0 Å². The Labute approximate surface area is 71.5 Å². The van der Waals surface area contributed by atoms with Crippen molar-refractivity contribution in [2.75, 3.05) is 6.54 Å². The molecule has 12 heavy (non-hydrogen) atoms. The molecule has 1 aliphatic heterocycles. The van der Waals surface area contributed by atoms with Gasteiger partial charge in [-0.15, -0.1) is 0 Å². The van der Waals surface area contributed by atoms with Gasteiger partial charge in [-0.25, -0.2) is 0 Å². The van der Waals surface area contributed by atoms with Gasteiger partial charge in [0.25, 0.3) is 0 Å². The number of primary amides is 1. The van der Waals surface area contributed by atoms with Gasteiger partial charge in [0.05, 0.1) is 0 Å². The first-order valence-corrected chi connectivity index (χ1v) is 4.26. The van der Waals surface area contributed by atoms with Crippen molar-refractivity contribution >= 4 is 11.8 Å². The lowest BCUT2D eigenvalue weighted by atomic mass is 9.99. The van der Waals surface area contributed by atoms with Gasteiger partial charge < -0.3 is 11.1 Å². The van der Waals surface area contributed by atoms with Crippen LogP contribution in [0.5, 0.6) is 0 Å². The first-order valence-electron chi connectivity index (χ1n) is 4.26. The lowest BCUT2D eigenvalue weighted by Crippen LogP contribution is -2.31. The summed E-state index contributed by atoms with van der Waals surface area (Å²) in [6, 6.07) is 0. The zero-order valence-corrected chi connectivity index (χ0v) is 7.01. The second kappa shape index (κ2) is 4.09. The Morgan fingerprint density at radius 1 is 1.58 bits per heavy atom. The fraction of sp³-hybridized carbons (Fsp3) is 0.750. The highest BCUT2D eigenvalue weighted by Gasteiger charge is 2.21. The van der Waals surface area contributed by atoms with Crippen molar-refractivity contribution in [2.45, 2.75) is 25.7 Å². The first kappa shape index (κ1) is 9.03. The fourth-order valence-corrected chi connectivity index (χ4v) is 1.44. The third-order valence-electron chi connectivity index (χ3n) is 2.10. The van der Waals surface area contributed by atoms with Crippen LogP contribution in [-0.2, 0) is 9.59 Å². The maximum atomic E-state index is 11.2. The van der Waals surface area contributed by atoms with Crippen molar-refractivity contribution in [3.05, 3.63) is 0 Å². The van der Waals surface area contributed by atoms with Crippen LogP contribution >= 0.6 is 0 Å². The number of hydrogen-bond acceptors (Lipinski definition) is 2. The number of amides is 2. The van der Waals surface area contributed by atoms with Crippen molar-refractivity contribution in [1.29, 1.82) is 0 Å². The van der Waals surface area contributed by atoms with Gasteiger partial charge in [-0.1, -0.05) is 6.42 Å². The second-order valence-electron chi connectivity index (χ2n) is 3.15. The highest BCUT2D eigenvalue weighted by atomic mass is 16.2. The van der Waals surface area contributed by atoms with E-state index in [1.165, 1.54) is 0 Å². The van der Waals surface area contributed by atoms with Crippen LogP contribution in [0.25, 0.3) is 0 Å². The number of nitrogens with one attached hydrogen (secondary N) is 1. The van der Waals surface area contributed by atoms with E-state index in [0.29, 0.717) is 0 Å². The van der Waals surface area contributed by atoms with E-state index in [0.717, 1.165) is 25.8 Å². The van der Waals surface area contributed by atoms with Crippen LogP contribution in [0.2, 0.25) is 0 Å². The minimum Gasteiger partial charge on any atom is -0.370 e. The summed E-state index contributed by atoms with van der Waals surface area (Å²) < 4.78 is 0. The maximum absolute atomic E-state index is 11.2. The summed E-state index contributed by atoms with van der Waals surface area (Å²) in [4.78, 5) is 21.8. The number of carbonyl (C=O) groups excluding carboxylic acids is 2. The molecule has 4 nitrogen and oxygen atoms in total. The standard InChI is InChI=1S/C8H14N2O2/c9-7(11)5-6-3-1-2-4-10-8(6)12/h6H,1-5H2,(H2,9,11)(H,10,12)/t6-/m0/s1. The molecule has 0 saturated carbocycles. The van der Waals surface area contributed by atoms with Gasteiger partial charge in [-0.05, 0) is 12.8 Å². The van der Waals surface area contributed by atoms with Crippen molar-refractivity contribution in [3.8, 4) is 0 Å². The average Bonchev–Trinajstić information content (AvgIpc) is 2.16. The Hall–Kier alpha value is -1.06. The summed E-state index contributed by atoms with van der Waals surface area (Å²) in [5, 5.41) is 2.75. The van der Waals surface area contributed by atoms with Crippen LogP contribution < -0.4 is 11.1 Å². The molecule has 2 amide bonds. The molecular weight excluding hydrogens is 156 g/mol. The van der Waals surface area contributed by atoms with Gasteiger partial charge in [0, 0.05) is 18.9 Å². The molecule has 0 aromatic carbocycles. The summed E-state index contributed by atoms with van der Waals surface area (Å²) >= 11 is 0. The molecule has 0 aromatic rings. The van der Waals surface area contributed by atoms with E-state index in [-0.39, 0.29) is 18.2 Å². The van der Waals surface area contributed by atoms with Gasteiger partial charge in [0.1, 0.15) is 0 Å². The van der Waals surface area contributed by atoms with Gasteiger partial charge in [0.15, 0.2) is 0 Å². The third kappa shape index (κ3) is 2.53. The van der Waals surface area contributed by atoms with Crippen LogP contribution in [0.15, 0.2) is 0 Å². The Morgan fingerprint density at radius 2 is 2.33 bits per heavy atom. The Morgan fingerprint density at radius 3 is 3.00 bits per heavy atom. The summed E-state index contributed by atoms with van der Waals surface area (Å²) in [7, 11) is 0. The van der Waals surface area contributed by atoms with E-state index in [4.69, 9.17) is 5.73 Å². The van der Waals surface area contributed by atoms with Crippen LogP contribution in [0, 0.1) is 5.92 Å². The molecule has 0 unspecified atom stereocenters. The molecule has 3 N–H and O–H groups in total. The molecule has 0 aromatic heterocycles. The lowest BCUT2D eigenvalue weighted by molar-refractivity contribution is -0.128. The Kier molecular flexibility index (Phi) is 3.08. The first-order chi connectivity index (χ1) is 5.70. The molecule has 1 aliphatic rings. The normalized spacial score (nSPS) is 24.3. The quantitative estimate of drug-likeness (QED) is 0.601. The molecule has 68 valence electrons. The largest absolute Gasteiger partial charge is 0.370 e. The van der Waals surface area contributed by atoms with Gasteiger partial charge >= 0.3 is 0 Å². The summed E-state index contributed by atoms with van der Waals surface area (Å²) in [6.45, 7) is 0.730. The van der Waals surface area contributed by atoms with E-state index >= 15 is 0 Å². The van der Waals surface area contributed by atoms with Crippen LogP contribution in [0.1, 0.15) is 25.7 Å². The van der Waals surface area contributed by atoms with Crippen molar-refractivity contribution in [3.63, 3.8) is 0 Å². The minimum atomic E-state index is -0.392. The summed E-state index contributed by atoms with van der Waals surface area (Å²) in [5.74, 6) is -0.603. The Balaban J connectivity index is 2.47. The molecule has 1 saturated heterocycles.